The molecule has 0 aliphatic heterocycles. The van der Waals surface area contributed by atoms with E-state index in [2.05, 4.69) is 9.88 Å². The van der Waals surface area contributed by atoms with Crippen molar-refractivity contribution >= 4 is 22.9 Å². The Morgan fingerprint density at radius 3 is 2.47 bits per heavy atom. The van der Waals surface area contributed by atoms with E-state index >= 15 is 0 Å². The molecule has 3 N–H and O–H groups in total. The number of nitrogens with zero attached hydrogens (tertiary/aromatic N) is 1. The fraction of sp³-hybridized carbons (Fsp3) is 0.182. The molecular weight excluding hydrogens is 238 g/mol. The van der Waals surface area contributed by atoms with E-state index in [9.17, 15) is 4.55 Å². The zero-order valence-electron chi connectivity index (χ0n) is 9.56. The predicted molar refractivity (Wildman–Crippen MR) is 66.9 cm³/mol. The highest BCUT2D eigenvalue weighted by Crippen LogP contribution is 2.21. The van der Waals surface area contributed by atoms with Crippen molar-refractivity contribution in [2.24, 2.45) is 0 Å². The molecule has 0 aliphatic carbocycles. The summed E-state index contributed by atoms with van der Waals surface area (Å²) in [5.74, 6) is 0.428. The Morgan fingerprint density at radius 1 is 1.29 bits per heavy atom. The maximum Gasteiger partial charge on any atom is 0.269 e. The van der Waals surface area contributed by atoms with Gasteiger partial charge in [-0.3, -0.25) is 0 Å². The van der Waals surface area contributed by atoms with Crippen LogP contribution in [0.4, 0.5) is 11.6 Å². The molecule has 5 nitrogen and oxygen atoms in total. The number of anilines is 2. The Labute approximate surface area is 102 Å². The molecule has 17 heavy (non-hydrogen) atoms. The second kappa shape index (κ2) is 4.68. The van der Waals surface area contributed by atoms with Gasteiger partial charge in [-0.15, -0.1) is 0 Å². The fourth-order valence-corrected chi connectivity index (χ4v) is 2.10. The summed E-state index contributed by atoms with van der Waals surface area (Å²) >= 11 is -1.38. The average Bonchev–Trinajstić information content (AvgIpc) is 2.62. The predicted octanol–water partition coefficient (Wildman–Crippen LogP) is 2.01. The molecule has 0 saturated heterocycles. The lowest BCUT2D eigenvalue weighted by Gasteiger charge is -2.09. The minimum absolute atomic E-state index is 0.428. The van der Waals surface area contributed by atoms with Crippen molar-refractivity contribution in [1.82, 2.24) is 5.16 Å². The topological polar surface area (TPSA) is 87.1 Å². The Hall–Kier alpha value is -1.66. The van der Waals surface area contributed by atoms with E-state index in [1.54, 1.807) is 24.3 Å². The van der Waals surface area contributed by atoms with Gasteiger partial charge in [0.25, 0.3) is 5.88 Å². The van der Waals surface area contributed by atoms with Gasteiger partial charge in [-0.1, -0.05) is 5.16 Å². The van der Waals surface area contributed by atoms with Crippen molar-refractivity contribution in [2.75, 3.05) is 10.5 Å². The zero-order valence-corrected chi connectivity index (χ0v) is 10.4. The first-order valence-electron chi connectivity index (χ1n) is 5.05. The van der Waals surface area contributed by atoms with E-state index in [-0.39, 0.29) is 0 Å². The van der Waals surface area contributed by atoms with Crippen molar-refractivity contribution in [1.29, 1.82) is 0 Å². The summed E-state index contributed by atoms with van der Waals surface area (Å²) in [5.41, 5.74) is 7.83. The molecule has 0 bridgehead atoms. The van der Waals surface area contributed by atoms with E-state index < -0.39 is 11.4 Å². The standard InChI is InChI=1S/C11H13N3O2S/c1-7-8(2)13-16-11(7)14-17(15)10-5-3-9(12)4-6-10/h3-6,14H,12H2,1-2H3. The second-order valence-electron chi connectivity index (χ2n) is 3.66. The second-order valence-corrected chi connectivity index (χ2v) is 4.87. The quantitative estimate of drug-likeness (QED) is 0.643. The molecule has 0 spiro atoms. The molecule has 2 aromatic rings. The van der Waals surface area contributed by atoms with Gasteiger partial charge < -0.3 is 14.8 Å². The molecule has 6 heteroatoms. The summed E-state index contributed by atoms with van der Waals surface area (Å²) in [6, 6.07) is 6.81. The number of nitrogens with two attached hydrogens (primary N) is 1. The Morgan fingerprint density at radius 2 is 1.94 bits per heavy atom. The smallest absolute Gasteiger partial charge is 0.269 e. The van der Waals surface area contributed by atoms with Crippen LogP contribution in [0.15, 0.2) is 33.7 Å². The highest BCUT2D eigenvalue weighted by Gasteiger charge is 2.17. The lowest BCUT2D eigenvalue weighted by molar-refractivity contribution is 0.430. The van der Waals surface area contributed by atoms with E-state index in [1.807, 2.05) is 13.8 Å². The third-order valence-corrected chi connectivity index (χ3v) is 3.51. The van der Waals surface area contributed by atoms with Crippen LogP contribution in [0.25, 0.3) is 0 Å². The molecule has 1 unspecified atom stereocenters. The molecule has 1 atom stereocenters. The van der Waals surface area contributed by atoms with Crippen LogP contribution < -0.4 is 10.5 Å². The SMILES string of the molecule is Cc1noc(N[S+]([O-])c2ccc(N)cc2)c1C. The first kappa shape index (κ1) is 11.8. The summed E-state index contributed by atoms with van der Waals surface area (Å²) in [4.78, 5) is 0.632. The van der Waals surface area contributed by atoms with Gasteiger partial charge in [0.15, 0.2) is 4.90 Å². The fourth-order valence-electron chi connectivity index (χ4n) is 1.25. The molecule has 0 radical (unpaired) electrons. The Kier molecular flexibility index (Phi) is 3.26. The van der Waals surface area contributed by atoms with Gasteiger partial charge in [0.1, 0.15) is 11.4 Å². The minimum Gasteiger partial charge on any atom is -0.588 e. The molecular formula is C11H13N3O2S. The highest BCUT2D eigenvalue weighted by atomic mass is 32.2. The molecule has 1 aromatic carbocycles. The monoisotopic (exact) mass is 251 g/mol. The summed E-state index contributed by atoms with van der Waals surface area (Å²) in [5, 5.41) is 3.79. The molecule has 1 aromatic heterocycles. The lowest BCUT2D eigenvalue weighted by atomic mass is 10.3. The number of nitrogens with one attached hydrogen (secondary N) is 1. The van der Waals surface area contributed by atoms with Crippen LogP contribution in [0, 0.1) is 13.8 Å². The first-order valence-corrected chi connectivity index (χ1v) is 6.20. The van der Waals surface area contributed by atoms with Gasteiger partial charge in [0.2, 0.25) is 0 Å². The number of aryl methyl sites for hydroxylation is 1. The van der Waals surface area contributed by atoms with Gasteiger partial charge in [-0.25, -0.2) is 0 Å². The molecule has 0 aliphatic rings. The molecule has 0 fully saturated rings. The number of aromatic nitrogens is 1. The molecule has 0 saturated carbocycles. The number of benzene rings is 1. The zero-order chi connectivity index (χ0) is 12.4. The molecule has 0 amide bonds. The highest BCUT2D eigenvalue weighted by molar-refractivity contribution is 7.92. The van der Waals surface area contributed by atoms with Gasteiger partial charge in [-0.2, -0.15) is 4.72 Å². The average molecular weight is 251 g/mol. The number of hydrogen-bond donors (Lipinski definition) is 2. The third-order valence-electron chi connectivity index (χ3n) is 2.44. The maximum atomic E-state index is 12.0. The Bertz CT molecular complexity index is 510. The van der Waals surface area contributed by atoms with Crippen LogP contribution in [0.1, 0.15) is 11.3 Å². The van der Waals surface area contributed by atoms with Crippen LogP contribution in [0.3, 0.4) is 0 Å². The lowest BCUT2D eigenvalue weighted by Crippen LogP contribution is -2.13. The minimum atomic E-state index is -1.38. The van der Waals surface area contributed by atoms with E-state index in [1.165, 1.54) is 0 Å². The normalized spacial score (nSPS) is 12.4. The van der Waals surface area contributed by atoms with Crippen molar-refractivity contribution in [3.05, 3.63) is 35.5 Å². The molecule has 2 rings (SSSR count). The van der Waals surface area contributed by atoms with Crippen molar-refractivity contribution in [3.63, 3.8) is 0 Å². The summed E-state index contributed by atoms with van der Waals surface area (Å²) < 4.78 is 19.8. The van der Waals surface area contributed by atoms with Crippen LogP contribution in [-0.2, 0) is 11.4 Å². The van der Waals surface area contributed by atoms with Crippen LogP contribution in [-0.4, -0.2) is 9.71 Å². The molecule has 1 heterocycles. The Balaban J connectivity index is 2.14. The van der Waals surface area contributed by atoms with Crippen molar-refractivity contribution in [2.45, 2.75) is 18.7 Å². The van der Waals surface area contributed by atoms with Crippen LogP contribution >= 0.6 is 0 Å². The van der Waals surface area contributed by atoms with Crippen LogP contribution in [0.5, 0.6) is 0 Å². The van der Waals surface area contributed by atoms with Gasteiger partial charge in [0.05, 0.1) is 5.69 Å². The van der Waals surface area contributed by atoms with Gasteiger partial charge in [-0.05, 0) is 38.1 Å². The van der Waals surface area contributed by atoms with Crippen LogP contribution in [0.2, 0.25) is 0 Å². The van der Waals surface area contributed by atoms with E-state index in [4.69, 9.17) is 10.3 Å². The van der Waals surface area contributed by atoms with Gasteiger partial charge in [0, 0.05) is 11.3 Å². The number of nitrogen functional groups attached to an aromatic ring is 1. The summed E-state index contributed by atoms with van der Waals surface area (Å²) in [7, 11) is 0. The first-order chi connectivity index (χ1) is 8.08. The van der Waals surface area contributed by atoms with Gasteiger partial charge >= 0.3 is 0 Å². The summed E-state index contributed by atoms with van der Waals surface area (Å²) in [6.07, 6.45) is 0. The summed E-state index contributed by atoms with van der Waals surface area (Å²) in [6.45, 7) is 3.69. The largest absolute Gasteiger partial charge is 0.588 e. The van der Waals surface area contributed by atoms with Crippen molar-refractivity contribution < 1.29 is 9.08 Å². The van der Waals surface area contributed by atoms with Crippen molar-refractivity contribution in [3.8, 4) is 0 Å². The van der Waals surface area contributed by atoms with E-state index in [0.717, 1.165) is 11.3 Å². The third kappa shape index (κ3) is 2.54. The number of hydrogen-bond acceptors (Lipinski definition) is 5. The molecule has 90 valence electrons. The maximum absolute atomic E-state index is 12.0. The number of rotatable bonds is 3. The van der Waals surface area contributed by atoms with E-state index in [0.29, 0.717) is 16.5 Å².